The molecule has 0 aliphatic carbocycles. The van der Waals surface area contributed by atoms with Gasteiger partial charge in [0.15, 0.2) is 0 Å². The quantitative estimate of drug-likeness (QED) is 0.751. The van der Waals surface area contributed by atoms with Crippen LogP contribution in [0.5, 0.6) is 5.75 Å². The molecule has 6 heteroatoms. The number of H-pyrrole nitrogens is 1. The molecule has 0 spiro atoms. The molecular formula is C15H19N5O. The highest BCUT2D eigenvalue weighted by atomic mass is 16.5. The number of nitrogens with zero attached hydrogens (tertiary/aromatic N) is 3. The number of rotatable bonds is 5. The van der Waals surface area contributed by atoms with Gasteiger partial charge < -0.3 is 20.0 Å². The normalized spacial score (nSPS) is 12.7. The molecule has 0 saturated carbocycles. The highest BCUT2D eigenvalue weighted by molar-refractivity contribution is 5.78. The molecule has 110 valence electrons. The maximum Gasteiger partial charge on any atom is 0.127 e. The molecule has 21 heavy (non-hydrogen) atoms. The zero-order chi connectivity index (χ0) is 14.8. The van der Waals surface area contributed by atoms with E-state index in [1.54, 1.807) is 19.6 Å². The predicted molar refractivity (Wildman–Crippen MR) is 81.2 cm³/mol. The molecule has 3 rings (SSSR count). The van der Waals surface area contributed by atoms with Crippen LogP contribution in [-0.2, 0) is 13.0 Å². The summed E-state index contributed by atoms with van der Waals surface area (Å²) in [7, 11) is 1.66. The smallest absolute Gasteiger partial charge is 0.127 e. The lowest BCUT2D eigenvalue weighted by Gasteiger charge is -2.12. The Labute approximate surface area is 123 Å². The topological polar surface area (TPSA) is 81.8 Å². The molecule has 6 nitrogen and oxygen atoms in total. The molecule has 2 heterocycles. The van der Waals surface area contributed by atoms with Gasteiger partial charge in [-0.1, -0.05) is 0 Å². The number of aromatic amines is 1. The highest BCUT2D eigenvalue weighted by Gasteiger charge is 2.17. The van der Waals surface area contributed by atoms with Crippen molar-refractivity contribution in [2.24, 2.45) is 5.73 Å². The first-order chi connectivity index (χ1) is 10.2. The molecule has 0 bridgehead atoms. The van der Waals surface area contributed by atoms with E-state index in [0.29, 0.717) is 6.42 Å². The van der Waals surface area contributed by atoms with Gasteiger partial charge in [0, 0.05) is 30.9 Å². The Morgan fingerprint density at radius 3 is 2.95 bits per heavy atom. The van der Waals surface area contributed by atoms with E-state index in [2.05, 4.69) is 21.5 Å². The van der Waals surface area contributed by atoms with Gasteiger partial charge in [-0.15, -0.1) is 0 Å². The van der Waals surface area contributed by atoms with Crippen molar-refractivity contribution < 1.29 is 4.74 Å². The largest absolute Gasteiger partial charge is 0.497 e. The summed E-state index contributed by atoms with van der Waals surface area (Å²) < 4.78 is 7.41. The molecular weight excluding hydrogens is 266 g/mol. The number of nitrogens with two attached hydrogens (primary N) is 1. The van der Waals surface area contributed by atoms with E-state index in [1.165, 1.54) is 0 Å². The second-order valence-electron chi connectivity index (χ2n) is 4.96. The van der Waals surface area contributed by atoms with Gasteiger partial charge in [-0.05, 0) is 19.1 Å². The van der Waals surface area contributed by atoms with Crippen LogP contribution in [0, 0.1) is 0 Å². The Hall–Kier alpha value is -2.34. The summed E-state index contributed by atoms with van der Waals surface area (Å²) in [5, 5.41) is 0. The van der Waals surface area contributed by atoms with E-state index in [4.69, 9.17) is 15.5 Å². The Bertz CT molecular complexity index is 732. The minimum atomic E-state index is -0.177. The number of aromatic nitrogens is 4. The van der Waals surface area contributed by atoms with Gasteiger partial charge in [0.2, 0.25) is 0 Å². The van der Waals surface area contributed by atoms with E-state index in [0.717, 1.165) is 34.8 Å². The number of fused-ring (bicyclic) bond motifs is 1. The van der Waals surface area contributed by atoms with Crippen LogP contribution < -0.4 is 10.5 Å². The predicted octanol–water partition coefficient (Wildman–Crippen LogP) is 2.03. The second-order valence-corrected chi connectivity index (χ2v) is 4.96. The molecule has 1 unspecified atom stereocenters. The Morgan fingerprint density at radius 1 is 1.43 bits per heavy atom. The van der Waals surface area contributed by atoms with Crippen LogP contribution >= 0.6 is 0 Å². The second kappa shape index (κ2) is 5.57. The lowest BCUT2D eigenvalue weighted by molar-refractivity contribution is 0.415. The fourth-order valence-electron chi connectivity index (χ4n) is 2.60. The van der Waals surface area contributed by atoms with Crippen LogP contribution in [0.3, 0.4) is 0 Å². The van der Waals surface area contributed by atoms with Gasteiger partial charge in [0.05, 0.1) is 30.5 Å². The van der Waals surface area contributed by atoms with Crippen molar-refractivity contribution in [1.82, 2.24) is 19.5 Å². The fraction of sp³-hybridized carbons (Fsp3) is 0.333. The Kier molecular flexibility index (Phi) is 3.62. The number of nitrogens with one attached hydrogen (secondary N) is 1. The molecule has 0 aliphatic rings. The van der Waals surface area contributed by atoms with Crippen LogP contribution in [0.1, 0.15) is 24.5 Å². The molecule has 1 aromatic carbocycles. The van der Waals surface area contributed by atoms with Crippen LogP contribution in [0.4, 0.5) is 0 Å². The SMILES string of the molecule is CCn1c(C(N)Cc2cnc[nH]2)nc2cc(OC)ccc21. The van der Waals surface area contributed by atoms with Gasteiger partial charge in [-0.25, -0.2) is 9.97 Å². The first-order valence-corrected chi connectivity index (χ1v) is 7.00. The molecule has 3 N–H and O–H groups in total. The maximum absolute atomic E-state index is 6.33. The number of imidazole rings is 2. The van der Waals surface area contributed by atoms with Crippen molar-refractivity contribution in [1.29, 1.82) is 0 Å². The fourth-order valence-corrected chi connectivity index (χ4v) is 2.60. The van der Waals surface area contributed by atoms with Crippen molar-refractivity contribution in [3.63, 3.8) is 0 Å². The van der Waals surface area contributed by atoms with Crippen molar-refractivity contribution >= 4 is 11.0 Å². The molecule has 3 aromatic rings. The lowest BCUT2D eigenvalue weighted by atomic mass is 10.1. The van der Waals surface area contributed by atoms with Crippen LogP contribution in [0.25, 0.3) is 11.0 Å². The first-order valence-electron chi connectivity index (χ1n) is 7.00. The van der Waals surface area contributed by atoms with Crippen molar-refractivity contribution in [2.45, 2.75) is 25.9 Å². The number of ether oxygens (including phenoxy) is 1. The average molecular weight is 285 g/mol. The summed E-state index contributed by atoms with van der Waals surface area (Å²) in [5.74, 6) is 1.69. The maximum atomic E-state index is 6.33. The highest BCUT2D eigenvalue weighted by Crippen LogP contribution is 2.25. The molecule has 0 saturated heterocycles. The average Bonchev–Trinajstić information content (AvgIpc) is 3.12. The molecule has 0 aliphatic heterocycles. The molecule has 0 radical (unpaired) electrons. The number of benzene rings is 1. The minimum absolute atomic E-state index is 0.177. The van der Waals surface area contributed by atoms with E-state index in [1.807, 2.05) is 18.2 Å². The van der Waals surface area contributed by atoms with E-state index >= 15 is 0 Å². The third kappa shape index (κ3) is 2.50. The molecule has 2 aromatic heterocycles. The number of hydrogen-bond acceptors (Lipinski definition) is 4. The van der Waals surface area contributed by atoms with Crippen LogP contribution in [-0.4, -0.2) is 26.6 Å². The van der Waals surface area contributed by atoms with E-state index in [-0.39, 0.29) is 6.04 Å². The minimum Gasteiger partial charge on any atom is -0.497 e. The standard InChI is InChI=1S/C15H19N5O/c1-3-20-14-5-4-11(21-2)7-13(14)19-15(20)12(16)6-10-8-17-9-18-10/h4-5,7-9,12H,3,6,16H2,1-2H3,(H,17,18). The first kappa shape index (κ1) is 13.6. The lowest BCUT2D eigenvalue weighted by Crippen LogP contribution is -2.19. The zero-order valence-electron chi connectivity index (χ0n) is 12.2. The number of aryl methyl sites for hydroxylation is 1. The summed E-state index contributed by atoms with van der Waals surface area (Å²) >= 11 is 0. The van der Waals surface area contributed by atoms with Crippen LogP contribution in [0.2, 0.25) is 0 Å². The monoisotopic (exact) mass is 285 g/mol. The van der Waals surface area contributed by atoms with Crippen molar-refractivity contribution in [3.8, 4) is 5.75 Å². The van der Waals surface area contributed by atoms with Crippen molar-refractivity contribution in [2.75, 3.05) is 7.11 Å². The number of hydrogen-bond donors (Lipinski definition) is 2. The molecule has 0 fully saturated rings. The van der Waals surface area contributed by atoms with Gasteiger partial charge in [0.25, 0.3) is 0 Å². The summed E-state index contributed by atoms with van der Waals surface area (Å²) in [6.07, 6.45) is 4.14. The van der Waals surface area contributed by atoms with E-state index < -0.39 is 0 Å². The Balaban J connectivity index is 2.00. The summed E-state index contributed by atoms with van der Waals surface area (Å²) in [4.78, 5) is 11.8. The number of methoxy groups -OCH3 is 1. The third-order valence-corrected chi connectivity index (χ3v) is 3.63. The molecule has 0 amide bonds. The van der Waals surface area contributed by atoms with Gasteiger partial charge >= 0.3 is 0 Å². The van der Waals surface area contributed by atoms with E-state index in [9.17, 15) is 0 Å². The zero-order valence-corrected chi connectivity index (χ0v) is 12.2. The summed E-state index contributed by atoms with van der Waals surface area (Å²) in [5.41, 5.74) is 9.33. The Morgan fingerprint density at radius 2 is 2.29 bits per heavy atom. The van der Waals surface area contributed by atoms with Crippen LogP contribution in [0.15, 0.2) is 30.7 Å². The summed E-state index contributed by atoms with van der Waals surface area (Å²) in [6.45, 7) is 2.92. The third-order valence-electron chi connectivity index (χ3n) is 3.63. The van der Waals surface area contributed by atoms with Gasteiger partial charge in [-0.2, -0.15) is 0 Å². The summed E-state index contributed by atoms with van der Waals surface area (Å²) in [6, 6.07) is 5.73. The van der Waals surface area contributed by atoms with Gasteiger partial charge in [-0.3, -0.25) is 0 Å². The molecule has 1 atom stereocenters. The van der Waals surface area contributed by atoms with Gasteiger partial charge in [0.1, 0.15) is 11.6 Å². The van der Waals surface area contributed by atoms with Crippen molar-refractivity contribution in [3.05, 3.63) is 42.2 Å².